The highest BCUT2D eigenvalue weighted by Gasteiger charge is 2.34. The van der Waals surface area contributed by atoms with Crippen LogP contribution in [0.5, 0.6) is 0 Å². The number of carboxylic acid groups (broad SMARTS) is 1. The number of hydrogen-bond acceptors (Lipinski definition) is 4. The Hall–Kier alpha value is -1.14. The van der Waals surface area contributed by atoms with Crippen LogP contribution >= 0.6 is 0 Å². The van der Waals surface area contributed by atoms with Crippen molar-refractivity contribution in [2.24, 2.45) is 5.92 Å². The minimum atomic E-state index is -1.05. The summed E-state index contributed by atoms with van der Waals surface area (Å²) in [5.41, 5.74) is 0. The molecule has 3 aliphatic rings. The number of rotatable bonds is 5. The second-order valence-corrected chi connectivity index (χ2v) is 4.70. The van der Waals surface area contributed by atoms with Crippen molar-refractivity contribution in [3.8, 4) is 0 Å². The highest BCUT2D eigenvalue weighted by Crippen LogP contribution is 2.27. The van der Waals surface area contributed by atoms with Crippen LogP contribution in [-0.4, -0.2) is 60.8 Å². The number of nitrogens with one attached hydrogen (secondary N) is 1. The lowest BCUT2D eigenvalue weighted by Gasteiger charge is -2.44. The molecule has 2 N–H and O–H groups in total. The van der Waals surface area contributed by atoms with Crippen LogP contribution in [-0.2, 0) is 14.3 Å². The maximum Gasteiger partial charge on any atom is 0.329 e. The number of amides is 1. The molecule has 1 amide bonds. The van der Waals surface area contributed by atoms with Gasteiger partial charge in [0.25, 0.3) is 0 Å². The molecule has 0 aliphatic carbocycles. The number of piperidine rings is 3. The maximum absolute atomic E-state index is 11.5. The molecule has 0 spiro atoms. The van der Waals surface area contributed by atoms with Crippen LogP contribution in [0.4, 0.5) is 0 Å². The molecule has 3 rings (SSSR count). The molecule has 17 heavy (non-hydrogen) atoms. The molecule has 3 aliphatic heterocycles. The molecule has 6 heteroatoms. The number of hydrogen-bond donors (Lipinski definition) is 2. The zero-order valence-corrected chi connectivity index (χ0v) is 9.72. The molecule has 0 saturated carbocycles. The Labute approximate surface area is 99.9 Å². The van der Waals surface area contributed by atoms with Crippen LogP contribution in [0.25, 0.3) is 0 Å². The Bertz CT molecular complexity index is 300. The van der Waals surface area contributed by atoms with Crippen molar-refractivity contribution in [1.29, 1.82) is 0 Å². The third-order valence-corrected chi connectivity index (χ3v) is 3.46. The molecule has 0 aromatic rings. The van der Waals surface area contributed by atoms with E-state index in [-0.39, 0.29) is 18.6 Å². The molecule has 6 nitrogen and oxygen atoms in total. The van der Waals surface area contributed by atoms with Gasteiger partial charge in [-0.25, -0.2) is 4.79 Å². The van der Waals surface area contributed by atoms with E-state index in [0.717, 1.165) is 32.5 Å². The summed E-state index contributed by atoms with van der Waals surface area (Å²) in [6.07, 6.45) is 2.28. The van der Waals surface area contributed by atoms with Gasteiger partial charge >= 0.3 is 5.97 Å². The predicted molar refractivity (Wildman–Crippen MR) is 59.5 cm³/mol. The number of carboxylic acids is 1. The largest absolute Gasteiger partial charge is 0.480 e. The normalized spacial score (nSPS) is 31.2. The van der Waals surface area contributed by atoms with Crippen LogP contribution in [0.3, 0.4) is 0 Å². The molecule has 0 aromatic heterocycles. The summed E-state index contributed by atoms with van der Waals surface area (Å²) in [6, 6.07) is 0.207. The molecule has 3 fully saturated rings. The molecule has 3 saturated heterocycles. The average Bonchev–Trinajstić information content (AvgIpc) is 2.30. The van der Waals surface area contributed by atoms with Crippen molar-refractivity contribution >= 4 is 11.9 Å². The highest BCUT2D eigenvalue weighted by atomic mass is 16.5. The van der Waals surface area contributed by atoms with Gasteiger partial charge in [-0.1, -0.05) is 0 Å². The molecule has 2 bridgehead atoms. The van der Waals surface area contributed by atoms with Crippen LogP contribution in [0.15, 0.2) is 0 Å². The van der Waals surface area contributed by atoms with Crippen LogP contribution in [0.1, 0.15) is 12.8 Å². The number of carbonyl (C=O) groups excluding carboxylic acids is 1. The molecular formula is C11H18N2O4. The number of carbonyl (C=O) groups is 2. The number of ether oxygens (including phenoxy) is 1. The van der Waals surface area contributed by atoms with Gasteiger partial charge in [0.15, 0.2) is 0 Å². The van der Waals surface area contributed by atoms with Gasteiger partial charge < -0.3 is 20.1 Å². The van der Waals surface area contributed by atoms with Gasteiger partial charge in [-0.05, 0) is 31.8 Å². The third kappa shape index (κ3) is 3.41. The summed E-state index contributed by atoms with van der Waals surface area (Å²) in [7, 11) is 0. The van der Waals surface area contributed by atoms with Gasteiger partial charge in [0.1, 0.15) is 13.2 Å². The predicted octanol–water partition coefficient (Wildman–Crippen LogP) is -0.702. The van der Waals surface area contributed by atoms with Gasteiger partial charge in [-0.2, -0.15) is 0 Å². The second-order valence-electron chi connectivity index (χ2n) is 4.70. The van der Waals surface area contributed by atoms with E-state index in [1.165, 1.54) is 0 Å². The zero-order valence-electron chi connectivity index (χ0n) is 9.72. The number of aliphatic carboxylic acids is 1. The van der Waals surface area contributed by atoms with E-state index in [4.69, 9.17) is 9.84 Å². The maximum atomic E-state index is 11.5. The first kappa shape index (κ1) is 12.3. The van der Waals surface area contributed by atoms with Gasteiger partial charge in [-0.15, -0.1) is 0 Å². The van der Waals surface area contributed by atoms with Gasteiger partial charge in [-0.3, -0.25) is 4.79 Å². The fourth-order valence-electron chi connectivity index (χ4n) is 2.61. The van der Waals surface area contributed by atoms with Crippen LogP contribution in [0, 0.1) is 5.92 Å². The fourth-order valence-corrected chi connectivity index (χ4v) is 2.61. The van der Waals surface area contributed by atoms with Crippen molar-refractivity contribution in [1.82, 2.24) is 10.2 Å². The summed E-state index contributed by atoms with van der Waals surface area (Å²) in [6.45, 7) is 2.58. The van der Waals surface area contributed by atoms with E-state index in [1.807, 2.05) is 0 Å². The van der Waals surface area contributed by atoms with Gasteiger partial charge in [0.2, 0.25) is 5.91 Å². The Morgan fingerprint density at radius 1 is 1.29 bits per heavy atom. The van der Waals surface area contributed by atoms with E-state index >= 15 is 0 Å². The lowest BCUT2D eigenvalue weighted by atomic mass is 9.84. The second kappa shape index (κ2) is 5.46. The lowest BCUT2D eigenvalue weighted by Crippen LogP contribution is -2.57. The SMILES string of the molecule is O=C(O)COCC(=O)NC1CN2CCC1CC2. The number of nitrogens with zero attached hydrogens (tertiary/aromatic N) is 1. The minimum Gasteiger partial charge on any atom is -0.480 e. The summed E-state index contributed by atoms with van der Waals surface area (Å²) < 4.78 is 4.75. The summed E-state index contributed by atoms with van der Waals surface area (Å²) in [5.74, 6) is -0.700. The first-order valence-electron chi connectivity index (χ1n) is 5.96. The van der Waals surface area contributed by atoms with Crippen molar-refractivity contribution in [3.63, 3.8) is 0 Å². The number of fused-ring (bicyclic) bond motifs is 3. The molecular weight excluding hydrogens is 224 g/mol. The summed E-state index contributed by atoms with van der Waals surface area (Å²) in [4.78, 5) is 24.1. The monoisotopic (exact) mass is 242 g/mol. The van der Waals surface area contributed by atoms with Crippen LogP contribution in [0.2, 0.25) is 0 Å². The van der Waals surface area contributed by atoms with Crippen molar-refractivity contribution in [2.45, 2.75) is 18.9 Å². The Morgan fingerprint density at radius 2 is 2.00 bits per heavy atom. The van der Waals surface area contributed by atoms with Crippen molar-refractivity contribution in [2.75, 3.05) is 32.8 Å². The van der Waals surface area contributed by atoms with E-state index in [1.54, 1.807) is 0 Å². The van der Waals surface area contributed by atoms with Crippen LogP contribution < -0.4 is 5.32 Å². The van der Waals surface area contributed by atoms with Gasteiger partial charge in [0.05, 0.1) is 0 Å². The molecule has 1 atom stereocenters. The molecule has 3 heterocycles. The smallest absolute Gasteiger partial charge is 0.329 e. The lowest BCUT2D eigenvalue weighted by molar-refractivity contribution is -0.143. The van der Waals surface area contributed by atoms with E-state index < -0.39 is 12.6 Å². The molecule has 96 valence electrons. The quantitative estimate of drug-likeness (QED) is 0.666. The third-order valence-electron chi connectivity index (χ3n) is 3.46. The first-order chi connectivity index (χ1) is 8.15. The Morgan fingerprint density at radius 3 is 2.53 bits per heavy atom. The van der Waals surface area contributed by atoms with Crippen molar-refractivity contribution < 1.29 is 19.4 Å². The molecule has 1 unspecified atom stereocenters. The standard InChI is InChI=1S/C11H18N2O4/c14-10(6-17-7-11(15)16)12-9-5-13-3-1-8(9)2-4-13/h8-9H,1-7H2,(H,12,14)(H,15,16). The van der Waals surface area contributed by atoms with E-state index in [0.29, 0.717) is 5.92 Å². The Balaban J connectivity index is 1.70. The Kier molecular flexibility index (Phi) is 3.96. The minimum absolute atomic E-state index is 0.171. The molecule has 0 aromatic carbocycles. The summed E-state index contributed by atoms with van der Waals surface area (Å²) in [5, 5.41) is 11.3. The topological polar surface area (TPSA) is 78.9 Å². The van der Waals surface area contributed by atoms with Gasteiger partial charge in [0, 0.05) is 12.6 Å². The van der Waals surface area contributed by atoms with E-state index in [9.17, 15) is 9.59 Å². The summed E-state index contributed by atoms with van der Waals surface area (Å²) >= 11 is 0. The highest BCUT2D eigenvalue weighted by molar-refractivity contribution is 5.78. The molecule has 0 radical (unpaired) electrons. The zero-order chi connectivity index (χ0) is 12.3. The fraction of sp³-hybridized carbons (Fsp3) is 0.818. The van der Waals surface area contributed by atoms with E-state index in [2.05, 4.69) is 10.2 Å². The first-order valence-corrected chi connectivity index (χ1v) is 5.96. The van der Waals surface area contributed by atoms with Crippen molar-refractivity contribution in [3.05, 3.63) is 0 Å². The average molecular weight is 242 g/mol.